The molecule has 2 heterocycles. The van der Waals surface area contributed by atoms with Crippen LogP contribution in [0, 0.1) is 19.3 Å². The second kappa shape index (κ2) is 4.79. The highest BCUT2D eigenvalue weighted by Gasteiger charge is 2.32. The number of rotatable bonds is 2. The van der Waals surface area contributed by atoms with Gasteiger partial charge < -0.3 is 10.2 Å². The molecule has 104 valence electrons. The van der Waals surface area contributed by atoms with Crippen molar-refractivity contribution in [3.05, 3.63) is 17.6 Å². The Morgan fingerprint density at radius 3 is 2.53 bits per heavy atom. The SMILES string of the molecule is Cc1ncnc(N2CC(NC(=O)C(C)(C)C)C2)c1C. The summed E-state index contributed by atoms with van der Waals surface area (Å²) in [5, 5.41) is 3.07. The van der Waals surface area contributed by atoms with Crippen molar-refractivity contribution in [2.75, 3.05) is 18.0 Å². The second-order valence-corrected chi connectivity index (χ2v) is 6.23. The van der Waals surface area contributed by atoms with E-state index in [1.807, 2.05) is 34.6 Å². The van der Waals surface area contributed by atoms with Crippen molar-refractivity contribution in [1.82, 2.24) is 15.3 Å². The molecule has 1 saturated heterocycles. The van der Waals surface area contributed by atoms with Gasteiger partial charge in [0, 0.05) is 29.8 Å². The maximum atomic E-state index is 11.9. The largest absolute Gasteiger partial charge is 0.352 e. The van der Waals surface area contributed by atoms with E-state index in [4.69, 9.17) is 0 Å². The molecule has 0 spiro atoms. The molecule has 2 rings (SSSR count). The lowest BCUT2D eigenvalue weighted by Crippen LogP contribution is -2.61. The van der Waals surface area contributed by atoms with E-state index in [0.29, 0.717) is 0 Å². The molecular formula is C14H22N4O. The Balaban J connectivity index is 1.93. The number of nitrogens with zero attached hydrogens (tertiary/aromatic N) is 3. The molecule has 1 amide bonds. The van der Waals surface area contributed by atoms with Gasteiger partial charge >= 0.3 is 0 Å². The molecule has 1 N–H and O–H groups in total. The van der Waals surface area contributed by atoms with Crippen molar-refractivity contribution < 1.29 is 4.79 Å². The normalized spacial score (nSPS) is 16.2. The van der Waals surface area contributed by atoms with Crippen LogP contribution in [0.25, 0.3) is 0 Å². The van der Waals surface area contributed by atoms with Crippen molar-refractivity contribution in [3.8, 4) is 0 Å². The zero-order valence-electron chi connectivity index (χ0n) is 12.3. The Labute approximate surface area is 114 Å². The van der Waals surface area contributed by atoms with Crippen LogP contribution in [0.15, 0.2) is 6.33 Å². The molecule has 0 bridgehead atoms. The number of aryl methyl sites for hydroxylation is 1. The predicted octanol–water partition coefficient (Wildman–Crippen LogP) is 1.44. The summed E-state index contributed by atoms with van der Waals surface area (Å²) in [7, 11) is 0. The lowest BCUT2D eigenvalue weighted by atomic mass is 9.94. The first-order valence-corrected chi connectivity index (χ1v) is 6.63. The summed E-state index contributed by atoms with van der Waals surface area (Å²) in [4.78, 5) is 22.6. The molecule has 1 aromatic rings. The van der Waals surface area contributed by atoms with Crippen molar-refractivity contribution >= 4 is 11.7 Å². The monoisotopic (exact) mass is 262 g/mol. The molecular weight excluding hydrogens is 240 g/mol. The minimum atomic E-state index is -0.332. The van der Waals surface area contributed by atoms with Gasteiger partial charge in [0.25, 0.3) is 0 Å². The van der Waals surface area contributed by atoms with E-state index >= 15 is 0 Å². The fourth-order valence-electron chi connectivity index (χ4n) is 1.99. The summed E-state index contributed by atoms with van der Waals surface area (Å²) >= 11 is 0. The van der Waals surface area contributed by atoms with E-state index in [-0.39, 0.29) is 17.4 Å². The van der Waals surface area contributed by atoms with Gasteiger partial charge in [-0.2, -0.15) is 0 Å². The third-order valence-corrected chi connectivity index (χ3v) is 3.51. The Morgan fingerprint density at radius 2 is 1.95 bits per heavy atom. The first-order valence-electron chi connectivity index (χ1n) is 6.63. The first-order chi connectivity index (χ1) is 8.79. The van der Waals surface area contributed by atoms with Gasteiger partial charge in [-0.1, -0.05) is 20.8 Å². The molecule has 0 aliphatic carbocycles. The van der Waals surface area contributed by atoms with Crippen LogP contribution in [-0.2, 0) is 4.79 Å². The number of carbonyl (C=O) groups is 1. The van der Waals surface area contributed by atoms with Crippen molar-refractivity contribution in [2.45, 2.75) is 40.7 Å². The third kappa shape index (κ3) is 2.85. The molecule has 0 radical (unpaired) electrons. The van der Waals surface area contributed by atoms with Crippen molar-refractivity contribution in [2.24, 2.45) is 5.41 Å². The lowest BCUT2D eigenvalue weighted by Gasteiger charge is -2.42. The molecule has 0 saturated carbocycles. The first kappa shape index (κ1) is 13.8. The third-order valence-electron chi connectivity index (χ3n) is 3.51. The number of hydrogen-bond acceptors (Lipinski definition) is 4. The fraction of sp³-hybridized carbons (Fsp3) is 0.643. The minimum absolute atomic E-state index is 0.104. The molecule has 5 heteroatoms. The summed E-state index contributed by atoms with van der Waals surface area (Å²) in [6, 6.07) is 0.224. The lowest BCUT2D eigenvalue weighted by molar-refractivity contribution is -0.129. The Morgan fingerprint density at radius 1 is 1.32 bits per heavy atom. The highest BCUT2D eigenvalue weighted by atomic mass is 16.2. The summed E-state index contributed by atoms with van der Waals surface area (Å²) < 4.78 is 0. The molecule has 0 unspecified atom stereocenters. The van der Waals surface area contributed by atoms with Crippen molar-refractivity contribution in [1.29, 1.82) is 0 Å². The number of amides is 1. The highest BCUT2D eigenvalue weighted by Crippen LogP contribution is 2.24. The Kier molecular flexibility index (Phi) is 3.47. The summed E-state index contributed by atoms with van der Waals surface area (Å²) in [5.74, 6) is 1.08. The molecule has 1 aliphatic rings. The number of aromatic nitrogens is 2. The number of hydrogen-bond donors (Lipinski definition) is 1. The van der Waals surface area contributed by atoms with E-state index in [1.165, 1.54) is 0 Å². The maximum absolute atomic E-state index is 11.9. The quantitative estimate of drug-likeness (QED) is 0.876. The summed E-state index contributed by atoms with van der Waals surface area (Å²) in [5.41, 5.74) is 1.79. The van der Waals surface area contributed by atoms with E-state index in [9.17, 15) is 4.79 Å². The number of carbonyl (C=O) groups excluding carboxylic acids is 1. The molecule has 5 nitrogen and oxygen atoms in total. The van der Waals surface area contributed by atoms with Crippen LogP contribution >= 0.6 is 0 Å². The van der Waals surface area contributed by atoms with Gasteiger partial charge in [0.1, 0.15) is 12.1 Å². The topological polar surface area (TPSA) is 58.1 Å². The Bertz CT molecular complexity index is 487. The van der Waals surface area contributed by atoms with Gasteiger partial charge in [-0.15, -0.1) is 0 Å². The van der Waals surface area contributed by atoms with Crippen LogP contribution in [0.2, 0.25) is 0 Å². The average molecular weight is 262 g/mol. The smallest absolute Gasteiger partial charge is 0.225 e. The highest BCUT2D eigenvalue weighted by molar-refractivity contribution is 5.82. The van der Waals surface area contributed by atoms with Crippen LogP contribution in [0.1, 0.15) is 32.0 Å². The maximum Gasteiger partial charge on any atom is 0.225 e. The number of anilines is 1. The zero-order valence-corrected chi connectivity index (χ0v) is 12.3. The van der Waals surface area contributed by atoms with Crippen LogP contribution < -0.4 is 10.2 Å². The van der Waals surface area contributed by atoms with E-state index < -0.39 is 0 Å². The van der Waals surface area contributed by atoms with Gasteiger partial charge in [0.2, 0.25) is 5.91 Å². The predicted molar refractivity (Wildman–Crippen MR) is 75.1 cm³/mol. The zero-order chi connectivity index (χ0) is 14.2. The van der Waals surface area contributed by atoms with Gasteiger partial charge in [0.05, 0.1) is 6.04 Å². The van der Waals surface area contributed by atoms with Crippen molar-refractivity contribution in [3.63, 3.8) is 0 Å². The van der Waals surface area contributed by atoms with Crippen LogP contribution in [0.5, 0.6) is 0 Å². The van der Waals surface area contributed by atoms with Gasteiger partial charge in [0.15, 0.2) is 0 Å². The fourth-order valence-corrected chi connectivity index (χ4v) is 1.99. The molecule has 19 heavy (non-hydrogen) atoms. The molecule has 0 aromatic carbocycles. The number of nitrogens with one attached hydrogen (secondary N) is 1. The molecule has 0 atom stereocenters. The van der Waals surface area contributed by atoms with E-state index in [0.717, 1.165) is 30.2 Å². The van der Waals surface area contributed by atoms with Gasteiger partial charge in [-0.3, -0.25) is 4.79 Å². The Hall–Kier alpha value is -1.65. The minimum Gasteiger partial charge on any atom is -0.352 e. The molecule has 1 aliphatic heterocycles. The average Bonchev–Trinajstić information content (AvgIpc) is 2.26. The summed E-state index contributed by atoms with van der Waals surface area (Å²) in [6.07, 6.45) is 1.60. The van der Waals surface area contributed by atoms with Crippen LogP contribution in [0.4, 0.5) is 5.82 Å². The van der Waals surface area contributed by atoms with Gasteiger partial charge in [-0.05, 0) is 13.8 Å². The van der Waals surface area contributed by atoms with E-state index in [1.54, 1.807) is 6.33 Å². The second-order valence-electron chi connectivity index (χ2n) is 6.23. The van der Waals surface area contributed by atoms with Crippen LogP contribution in [0.3, 0.4) is 0 Å². The summed E-state index contributed by atoms with van der Waals surface area (Å²) in [6.45, 7) is 11.4. The molecule has 1 fully saturated rings. The van der Waals surface area contributed by atoms with Gasteiger partial charge in [-0.25, -0.2) is 9.97 Å². The standard InChI is InChI=1S/C14H22N4O/c1-9-10(2)15-8-16-12(9)18-6-11(7-18)17-13(19)14(3,4)5/h8,11H,6-7H2,1-5H3,(H,17,19). The molecule has 1 aromatic heterocycles. The van der Waals surface area contributed by atoms with Crippen LogP contribution in [-0.4, -0.2) is 35.0 Å². The van der Waals surface area contributed by atoms with E-state index in [2.05, 4.69) is 20.2 Å².